The summed E-state index contributed by atoms with van der Waals surface area (Å²) in [4.78, 5) is 14.0. The molecule has 4 rings (SSSR count). The maximum atomic E-state index is 12.7. The highest BCUT2D eigenvalue weighted by molar-refractivity contribution is 7.16. The summed E-state index contributed by atoms with van der Waals surface area (Å²) in [5.74, 6) is 0.525. The maximum absolute atomic E-state index is 12.7. The second-order valence-electron chi connectivity index (χ2n) is 6.13. The van der Waals surface area contributed by atoms with Crippen molar-refractivity contribution in [3.8, 4) is 11.5 Å². The van der Waals surface area contributed by atoms with Crippen LogP contribution in [-0.2, 0) is 12.8 Å². The molecule has 2 aromatic rings. The lowest BCUT2D eigenvalue weighted by Gasteiger charge is -2.27. The van der Waals surface area contributed by atoms with Crippen LogP contribution in [0, 0.1) is 0 Å². The fraction of sp³-hybridized carbons (Fsp3) is 0.389. The Bertz CT molecular complexity index is 800. The lowest BCUT2D eigenvalue weighted by Crippen LogP contribution is -2.38. The van der Waals surface area contributed by atoms with Crippen molar-refractivity contribution in [2.24, 2.45) is 0 Å². The topological polar surface area (TPSA) is 70.6 Å². The number of hydrogen-bond donors (Lipinski definition) is 3. The number of benzene rings is 1. The molecule has 0 spiro atoms. The molecule has 1 aliphatic carbocycles. The first-order chi connectivity index (χ1) is 11.7. The highest BCUT2D eigenvalue weighted by atomic mass is 32.1. The molecular formula is C18H20N2O3S. The first-order valence-corrected chi connectivity index (χ1v) is 9.16. The molecule has 6 heteroatoms. The number of aryl methyl sites for hydroxylation is 1. The van der Waals surface area contributed by atoms with E-state index in [-0.39, 0.29) is 17.8 Å². The van der Waals surface area contributed by atoms with Gasteiger partial charge in [0.05, 0.1) is 12.2 Å². The van der Waals surface area contributed by atoms with Gasteiger partial charge in [0.15, 0.2) is 11.5 Å². The third kappa shape index (κ3) is 2.51. The van der Waals surface area contributed by atoms with E-state index in [0.29, 0.717) is 12.4 Å². The predicted molar refractivity (Wildman–Crippen MR) is 94.1 cm³/mol. The number of carbonyl (C=O) groups excluding carboxylic acids is 1. The first kappa shape index (κ1) is 15.3. The Morgan fingerprint density at radius 3 is 2.96 bits per heavy atom. The van der Waals surface area contributed by atoms with Crippen LogP contribution in [0.1, 0.15) is 52.3 Å². The minimum atomic E-state index is -0.315. The third-order valence-corrected chi connectivity index (χ3v) is 5.79. The molecule has 0 unspecified atom stereocenters. The van der Waals surface area contributed by atoms with Crippen molar-refractivity contribution in [2.75, 3.05) is 11.9 Å². The van der Waals surface area contributed by atoms with E-state index in [1.54, 1.807) is 29.5 Å². The molecular weight excluding hydrogens is 324 g/mol. The number of amides is 1. The molecule has 24 heavy (non-hydrogen) atoms. The van der Waals surface area contributed by atoms with Crippen molar-refractivity contribution < 1.29 is 14.6 Å². The van der Waals surface area contributed by atoms with E-state index in [9.17, 15) is 9.90 Å². The Morgan fingerprint density at radius 1 is 1.29 bits per heavy atom. The van der Waals surface area contributed by atoms with Crippen LogP contribution in [-0.4, -0.2) is 17.6 Å². The van der Waals surface area contributed by atoms with E-state index in [2.05, 4.69) is 10.6 Å². The number of phenolic OH excluding ortho intramolecular Hbond substituents is 1. The minimum Gasteiger partial charge on any atom is -0.504 e. The lowest BCUT2D eigenvalue weighted by atomic mass is 9.94. The molecule has 0 saturated carbocycles. The second-order valence-corrected chi connectivity index (χ2v) is 7.23. The van der Waals surface area contributed by atoms with Crippen LogP contribution in [0.15, 0.2) is 18.2 Å². The Morgan fingerprint density at radius 2 is 2.12 bits per heavy atom. The van der Waals surface area contributed by atoms with Gasteiger partial charge in [0.1, 0.15) is 11.2 Å². The lowest BCUT2D eigenvalue weighted by molar-refractivity contribution is 0.0935. The van der Waals surface area contributed by atoms with Crippen LogP contribution in [0.4, 0.5) is 5.00 Å². The summed E-state index contributed by atoms with van der Waals surface area (Å²) in [6, 6.07) is 5.17. The first-order valence-electron chi connectivity index (χ1n) is 8.35. The number of thiophene rings is 1. The van der Waals surface area contributed by atoms with E-state index in [4.69, 9.17) is 4.74 Å². The Kier molecular flexibility index (Phi) is 3.84. The molecule has 2 aliphatic rings. The van der Waals surface area contributed by atoms with Gasteiger partial charge >= 0.3 is 0 Å². The number of fused-ring (bicyclic) bond motifs is 3. The van der Waals surface area contributed by atoms with E-state index >= 15 is 0 Å². The summed E-state index contributed by atoms with van der Waals surface area (Å²) in [5.41, 5.74) is 2.92. The summed E-state index contributed by atoms with van der Waals surface area (Å²) in [5, 5.41) is 17.3. The normalized spacial score (nSPS) is 19.0. The number of carbonyl (C=O) groups is 1. The van der Waals surface area contributed by atoms with Crippen molar-refractivity contribution >= 4 is 22.2 Å². The summed E-state index contributed by atoms with van der Waals surface area (Å²) < 4.78 is 5.44. The van der Waals surface area contributed by atoms with Crippen LogP contribution in [0.5, 0.6) is 11.5 Å². The molecule has 2 heterocycles. The predicted octanol–water partition coefficient (Wildman–Crippen LogP) is 3.59. The van der Waals surface area contributed by atoms with Gasteiger partial charge in [-0.1, -0.05) is 6.07 Å². The van der Waals surface area contributed by atoms with E-state index < -0.39 is 0 Å². The molecule has 3 N–H and O–H groups in total. The van der Waals surface area contributed by atoms with E-state index in [1.165, 1.54) is 16.9 Å². The Hall–Kier alpha value is -2.21. The molecule has 0 fully saturated rings. The zero-order valence-electron chi connectivity index (χ0n) is 13.5. The second kappa shape index (κ2) is 6.02. The molecule has 0 saturated heterocycles. The van der Waals surface area contributed by atoms with Gasteiger partial charge in [-0.2, -0.15) is 0 Å². The Labute approximate surface area is 144 Å². The molecule has 0 bridgehead atoms. The fourth-order valence-electron chi connectivity index (χ4n) is 3.43. The van der Waals surface area contributed by atoms with Gasteiger partial charge in [0.2, 0.25) is 0 Å². The van der Waals surface area contributed by atoms with Crippen LogP contribution in [0.2, 0.25) is 0 Å². The van der Waals surface area contributed by atoms with Gasteiger partial charge in [-0.15, -0.1) is 11.3 Å². The van der Waals surface area contributed by atoms with Crippen LogP contribution >= 0.6 is 11.3 Å². The smallest absolute Gasteiger partial charge is 0.256 e. The number of aromatic hydroxyl groups is 1. The van der Waals surface area contributed by atoms with Crippen LogP contribution in [0.25, 0.3) is 0 Å². The van der Waals surface area contributed by atoms with Crippen molar-refractivity contribution in [2.45, 2.75) is 38.8 Å². The molecule has 1 atom stereocenters. The zero-order valence-corrected chi connectivity index (χ0v) is 14.3. The fourth-order valence-corrected chi connectivity index (χ4v) is 4.74. The van der Waals surface area contributed by atoms with E-state index in [1.807, 2.05) is 6.92 Å². The van der Waals surface area contributed by atoms with Crippen LogP contribution < -0.4 is 15.4 Å². The van der Waals surface area contributed by atoms with E-state index in [0.717, 1.165) is 35.4 Å². The number of nitrogens with one attached hydrogen (secondary N) is 2. The number of anilines is 1. The third-order valence-electron chi connectivity index (χ3n) is 4.57. The molecule has 1 amide bonds. The standard InChI is InChI=1S/C18H20N2O3S/c1-2-23-13-9-10(7-8-12(13)21)16-19-17(22)15-11-5-3-4-6-14(11)24-18(15)20-16/h7-9,16,20-21H,2-6H2,1H3,(H,19,22)/t16-/m1/s1. The SMILES string of the molecule is CCOc1cc([C@@H]2NC(=O)c3c(sc4c3CCCC4)N2)ccc1O. The van der Waals surface area contributed by atoms with Gasteiger partial charge in [-0.3, -0.25) is 4.79 Å². The average Bonchev–Trinajstić information content (AvgIpc) is 2.96. The molecule has 1 aromatic heterocycles. The average molecular weight is 344 g/mol. The van der Waals surface area contributed by atoms with Crippen molar-refractivity contribution in [3.63, 3.8) is 0 Å². The van der Waals surface area contributed by atoms with Gasteiger partial charge in [-0.05, 0) is 55.9 Å². The molecule has 126 valence electrons. The number of phenols is 1. The zero-order chi connectivity index (χ0) is 16.7. The maximum Gasteiger partial charge on any atom is 0.256 e. The van der Waals surface area contributed by atoms with Gasteiger partial charge in [0.25, 0.3) is 5.91 Å². The minimum absolute atomic E-state index is 0.0146. The van der Waals surface area contributed by atoms with Gasteiger partial charge in [0, 0.05) is 4.88 Å². The van der Waals surface area contributed by atoms with Crippen molar-refractivity contribution in [1.82, 2.24) is 5.32 Å². The molecule has 5 nitrogen and oxygen atoms in total. The Balaban J connectivity index is 1.67. The van der Waals surface area contributed by atoms with Gasteiger partial charge in [-0.25, -0.2) is 0 Å². The monoisotopic (exact) mass is 344 g/mol. The highest BCUT2D eigenvalue weighted by Gasteiger charge is 2.32. The van der Waals surface area contributed by atoms with Gasteiger partial charge < -0.3 is 20.5 Å². The van der Waals surface area contributed by atoms with Crippen molar-refractivity contribution in [3.05, 3.63) is 39.8 Å². The quantitative estimate of drug-likeness (QED) is 0.796. The summed E-state index contributed by atoms with van der Waals surface area (Å²) >= 11 is 1.70. The van der Waals surface area contributed by atoms with Crippen LogP contribution in [0.3, 0.4) is 0 Å². The largest absolute Gasteiger partial charge is 0.504 e. The molecule has 1 aromatic carbocycles. The molecule has 1 aliphatic heterocycles. The summed E-state index contributed by atoms with van der Waals surface area (Å²) in [6.45, 7) is 2.35. The summed E-state index contributed by atoms with van der Waals surface area (Å²) in [7, 11) is 0. The number of rotatable bonds is 3. The summed E-state index contributed by atoms with van der Waals surface area (Å²) in [6.07, 6.45) is 4.11. The highest BCUT2D eigenvalue weighted by Crippen LogP contribution is 2.42. The number of ether oxygens (including phenoxy) is 1. The van der Waals surface area contributed by atoms with Crippen molar-refractivity contribution in [1.29, 1.82) is 0 Å². The number of hydrogen-bond acceptors (Lipinski definition) is 5. The molecule has 0 radical (unpaired) electrons.